The van der Waals surface area contributed by atoms with Crippen molar-refractivity contribution in [2.45, 2.75) is 38.9 Å². The van der Waals surface area contributed by atoms with Gasteiger partial charge >= 0.3 is 0 Å². The minimum Gasteiger partial charge on any atom is -0.390 e. The first kappa shape index (κ1) is 11.6. The van der Waals surface area contributed by atoms with Gasteiger partial charge in [0.15, 0.2) is 0 Å². The molecule has 0 saturated carbocycles. The molecule has 0 heterocycles. The van der Waals surface area contributed by atoms with Crippen LogP contribution in [-0.2, 0) is 17.6 Å². The maximum absolute atomic E-state index is 10.0. The summed E-state index contributed by atoms with van der Waals surface area (Å²) in [5, 5.41) is 10.0. The number of ether oxygens (including phenoxy) is 1. The van der Waals surface area contributed by atoms with Gasteiger partial charge in [-0.2, -0.15) is 0 Å². The largest absolute Gasteiger partial charge is 0.390 e. The minimum absolute atomic E-state index is 0.193. The van der Waals surface area contributed by atoms with E-state index >= 15 is 0 Å². The second-order valence-corrected chi connectivity index (χ2v) is 4.89. The highest BCUT2D eigenvalue weighted by Crippen LogP contribution is 2.28. The molecule has 1 aromatic carbocycles. The van der Waals surface area contributed by atoms with Gasteiger partial charge in [0.05, 0.1) is 18.8 Å². The molecule has 0 saturated heterocycles. The summed E-state index contributed by atoms with van der Waals surface area (Å²) < 4.78 is 5.46. The predicted molar refractivity (Wildman–Crippen MR) is 64.4 cm³/mol. The van der Waals surface area contributed by atoms with Crippen LogP contribution in [0.25, 0.3) is 0 Å². The summed E-state index contributed by atoms with van der Waals surface area (Å²) in [7, 11) is 0. The van der Waals surface area contributed by atoms with E-state index in [1.54, 1.807) is 0 Å². The van der Waals surface area contributed by atoms with Crippen molar-refractivity contribution >= 4 is 0 Å². The first-order valence-electron chi connectivity index (χ1n) is 6.03. The number of fused-ring (bicyclic) bond motifs is 1. The van der Waals surface area contributed by atoms with Crippen LogP contribution in [0.3, 0.4) is 0 Å². The first-order valence-corrected chi connectivity index (χ1v) is 6.03. The fourth-order valence-corrected chi connectivity index (χ4v) is 2.29. The van der Waals surface area contributed by atoms with Gasteiger partial charge < -0.3 is 9.84 Å². The van der Waals surface area contributed by atoms with Gasteiger partial charge in [-0.25, -0.2) is 0 Å². The van der Waals surface area contributed by atoms with Crippen molar-refractivity contribution in [1.29, 1.82) is 0 Å². The van der Waals surface area contributed by atoms with E-state index in [9.17, 15) is 5.11 Å². The Morgan fingerprint density at radius 2 is 1.81 bits per heavy atom. The Bertz CT molecular complexity index is 321. The topological polar surface area (TPSA) is 29.5 Å². The van der Waals surface area contributed by atoms with Gasteiger partial charge in [-0.3, -0.25) is 0 Å². The predicted octanol–water partition coefficient (Wildman–Crippen LogP) is 2.19. The molecule has 2 nitrogen and oxygen atoms in total. The maximum atomic E-state index is 10.0. The van der Waals surface area contributed by atoms with Gasteiger partial charge in [0, 0.05) is 0 Å². The Hall–Kier alpha value is -0.860. The van der Waals surface area contributed by atoms with Crippen LogP contribution in [0.4, 0.5) is 0 Å². The third-order valence-electron chi connectivity index (χ3n) is 3.23. The smallest absolute Gasteiger partial charge is 0.0808 e. The summed E-state index contributed by atoms with van der Waals surface area (Å²) in [6, 6.07) is 8.45. The molecule has 1 atom stereocenters. The third-order valence-corrected chi connectivity index (χ3v) is 3.23. The molecule has 0 aliphatic heterocycles. The van der Waals surface area contributed by atoms with E-state index in [4.69, 9.17) is 4.74 Å². The number of hydrogen-bond acceptors (Lipinski definition) is 2. The van der Waals surface area contributed by atoms with E-state index in [0.29, 0.717) is 12.5 Å². The van der Waals surface area contributed by atoms with Crippen LogP contribution in [0, 0.1) is 5.92 Å². The zero-order chi connectivity index (χ0) is 11.5. The molecule has 0 bridgehead atoms. The number of hydrogen-bond donors (Lipinski definition) is 1. The van der Waals surface area contributed by atoms with E-state index in [1.807, 2.05) is 13.8 Å². The van der Waals surface area contributed by atoms with Crippen LogP contribution in [0.1, 0.15) is 25.0 Å². The summed E-state index contributed by atoms with van der Waals surface area (Å²) >= 11 is 0. The average Bonchev–Trinajstić information content (AvgIpc) is 2.69. The molecule has 88 valence electrons. The Kier molecular flexibility index (Phi) is 3.62. The summed E-state index contributed by atoms with van der Waals surface area (Å²) in [4.78, 5) is 0. The maximum Gasteiger partial charge on any atom is 0.0808 e. The summed E-state index contributed by atoms with van der Waals surface area (Å²) in [5.74, 6) is 0.330. The first-order chi connectivity index (χ1) is 7.66. The lowest BCUT2D eigenvalue weighted by atomic mass is 10.00. The molecule has 1 N–H and O–H groups in total. The monoisotopic (exact) mass is 220 g/mol. The molecule has 1 aromatic rings. The lowest BCUT2D eigenvalue weighted by Gasteiger charge is -2.19. The Balaban J connectivity index is 1.90. The molecule has 2 heteroatoms. The van der Waals surface area contributed by atoms with Gasteiger partial charge in [-0.05, 0) is 43.7 Å². The zero-order valence-corrected chi connectivity index (χ0v) is 10.0. The van der Waals surface area contributed by atoms with E-state index in [0.717, 1.165) is 12.8 Å². The fraction of sp³-hybridized carbons (Fsp3) is 0.571. The number of benzene rings is 1. The molecule has 2 rings (SSSR count). The normalized spacial score (nSPS) is 17.8. The molecule has 0 aromatic heterocycles. The molecular weight excluding hydrogens is 200 g/mol. The SMILES string of the molecule is CC(C)OCC(O)C1Cc2ccccc2C1. The van der Waals surface area contributed by atoms with Crippen LogP contribution in [0.5, 0.6) is 0 Å². The highest BCUT2D eigenvalue weighted by Gasteiger charge is 2.27. The van der Waals surface area contributed by atoms with Crippen LogP contribution in [0.15, 0.2) is 24.3 Å². The second-order valence-electron chi connectivity index (χ2n) is 4.89. The van der Waals surface area contributed by atoms with Crippen molar-refractivity contribution in [2.24, 2.45) is 5.92 Å². The highest BCUT2D eigenvalue weighted by molar-refractivity contribution is 5.32. The standard InChI is InChI=1S/C14H20O2/c1-10(2)16-9-14(15)13-7-11-5-3-4-6-12(11)8-13/h3-6,10,13-15H,7-9H2,1-2H3. The average molecular weight is 220 g/mol. The van der Waals surface area contributed by atoms with Gasteiger partial charge in [0.2, 0.25) is 0 Å². The second kappa shape index (κ2) is 4.98. The molecule has 0 amide bonds. The van der Waals surface area contributed by atoms with E-state index < -0.39 is 0 Å². The van der Waals surface area contributed by atoms with Crippen molar-refractivity contribution < 1.29 is 9.84 Å². The van der Waals surface area contributed by atoms with Crippen molar-refractivity contribution in [3.05, 3.63) is 35.4 Å². The molecule has 0 spiro atoms. The van der Waals surface area contributed by atoms with Crippen molar-refractivity contribution in [1.82, 2.24) is 0 Å². The quantitative estimate of drug-likeness (QED) is 0.842. The van der Waals surface area contributed by atoms with Crippen LogP contribution in [-0.4, -0.2) is 23.9 Å². The molecule has 0 fully saturated rings. The van der Waals surface area contributed by atoms with Crippen molar-refractivity contribution in [3.8, 4) is 0 Å². The van der Waals surface area contributed by atoms with Gasteiger partial charge in [0.25, 0.3) is 0 Å². The Morgan fingerprint density at radius 3 is 2.31 bits per heavy atom. The third kappa shape index (κ3) is 2.63. The van der Waals surface area contributed by atoms with Gasteiger partial charge in [-0.15, -0.1) is 0 Å². The fourth-order valence-electron chi connectivity index (χ4n) is 2.29. The van der Waals surface area contributed by atoms with Gasteiger partial charge in [0.1, 0.15) is 0 Å². The zero-order valence-electron chi connectivity index (χ0n) is 10.0. The minimum atomic E-state index is -0.338. The van der Waals surface area contributed by atoms with Crippen molar-refractivity contribution in [2.75, 3.05) is 6.61 Å². The molecule has 1 aliphatic rings. The molecule has 1 aliphatic carbocycles. The Labute approximate surface area is 97.3 Å². The van der Waals surface area contributed by atoms with E-state index in [2.05, 4.69) is 24.3 Å². The van der Waals surface area contributed by atoms with Gasteiger partial charge in [-0.1, -0.05) is 24.3 Å². The highest BCUT2D eigenvalue weighted by atomic mass is 16.5. The lowest BCUT2D eigenvalue weighted by Crippen LogP contribution is -2.27. The van der Waals surface area contributed by atoms with Crippen LogP contribution >= 0.6 is 0 Å². The van der Waals surface area contributed by atoms with Crippen LogP contribution < -0.4 is 0 Å². The molecular formula is C14H20O2. The van der Waals surface area contributed by atoms with E-state index in [-0.39, 0.29) is 12.2 Å². The number of aliphatic hydroxyl groups is 1. The molecule has 16 heavy (non-hydrogen) atoms. The van der Waals surface area contributed by atoms with E-state index in [1.165, 1.54) is 11.1 Å². The molecule has 0 radical (unpaired) electrons. The Morgan fingerprint density at radius 1 is 1.25 bits per heavy atom. The molecule has 1 unspecified atom stereocenters. The van der Waals surface area contributed by atoms with Crippen molar-refractivity contribution in [3.63, 3.8) is 0 Å². The summed E-state index contributed by atoms with van der Waals surface area (Å²) in [6.45, 7) is 4.45. The number of rotatable bonds is 4. The number of aliphatic hydroxyl groups excluding tert-OH is 1. The lowest BCUT2D eigenvalue weighted by molar-refractivity contribution is -0.0175. The van der Waals surface area contributed by atoms with Crippen LogP contribution in [0.2, 0.25) is 0 Å². The summed E-state index contributed by atoms with van der Waals surface area (Å²) in [6.07, 6.45) is 1.82. The summed E-state index contributed by atoms with van der Waals surface area (Å²) in [5.41, 5.74) is 2.77.